The second-order valence-electron chi connectivity index (χ2n) is 6.13. The molecule has 3 aromatic rings. The summed E-state index contributed by atoms with van der Waals surface area (Å²) in [5.41, 5.74) is 4.03. The monoisotopic (exact) mass is 327 g/mol. The summed E-state index contributed by atoms with van der Waals surface area (Å²) in [5, 5.41) is 11.3. The molecule has 1 N–H and O–H groups in total. The summed E-state index contributed by atoms with van der Waals surface area (Å²) in [6, 6.07) is 9.20. The van der Waals surface area contributed by atoms with Gasteiger partial charge in [0.1, 0.15) is 0 Å². The first kappa shape index (κ1) is 14.9. The normalized spacial score (nSPS) is 17.2. The van der Waals surface area contributed by atoms with Crippen LogP contribution in [-0.2, 0) is 13.0 Å². The van der Waals surface area contributed by atoms with Crippen molar-refractivity contribution in [1.29, 1.82) is 0 Å². The van der Waals surface area contributed by atoms with Gasteiger partial charge in [0.15, 0.2) is 4.96 Å². The Balaban J connectivity index is 1.58. The maximum absolute atomic E-state index is 9.26. The summed E-state index contributed by atoms with van der Waals surface area (Å²) in [5.74, 6) is 0. The molecule has 0 spiro atoms. The molecule has 0 saturated carbocycles. The van der Waals surface area contributed by atoms with Gasteiger partial charge >= 0.3 is 0 Å². The lowest BCUT2D eigenvalue weighted by Crippen LogP contribution is -2.29. The zero-order valence-corrected chi connectivity index (χ0v) is 13.9. The Labute approximate surface area is 140 Å². The van der Waals surface area contributed by atoms with E-state index in [2.05, 4.69) is 51.3 Å². The third kappa shape index (κ3) is 2.92. The molecule has 1 aromatic carbocycles. The second-order valence-corrected chi connectivity index (χ2v) is 7.00. The van der Waals surface area contributed by atoms with Gasteiger partial charge in [-0.05, 0) is 30.4 Å². The lowest BCUT2D eigenvalue weighted by Gasteiger charge is -2.28. The van der Waals surface area contributed by atoms with Crippen LogP contribution in [0.4, 0.5) is 0 Å². The van der Waals surface area contributed by atoms with Gasteiger partial charge in [-0.3, -0.25) is 9.30 Å². The largest absolute Gasteiger partial charge is 0.396 e. The van der Waals surface area contributed by atoms with E-state index in [1.54, 1.807) is 11.3 Å². The molecular weight excluding hydrogens is 306 g/mol. The molecule has 0 aliphatic heterocycles. The topological polar surface area (TPSA) is 40.8 Å². The summed E-state index contributed by atoms with van der Waals surface area (Å²) in [4.78, 5) is 8.26. The summed E-state index contributed by atoms with van der Waals surface area (Å²) < 4.78 is 2.09. The molecule has 0 unspecified atom stereocenters. The first-order chi connectivity index (χ1) is 11.3. The zero-order valence-electron chi connectivity index (χ0n) is 13.1. The van der Waals surface area contributed by atoms with Crippen molar-refractivity contribution in [1.82, 2.24) is 14.3 Å². The van der Waals surface area contributed by atoms with E-state index >= 15 is 0 Å². The summed E-state index contributed by atoms with van der Waals surface area (Å²) >= 11 is 1.67. The molecule has 2 aromatic heterocycles. The maximum Gasteiger partial charge on any atom is 0.193 e. The summed E-state index contributed by atoms with van der Waals surface area (Å²) in [6.07, 6.45) is 7.29. The molecule has 120 valence electrons. The van der Waals surface area contributed by atoms with Gasteiger partial charge in [0, 0.05) is 43.5 Å². The lowest BCUT2D eigenvalue weighted by molar-refractivity contribution is 0.164. The first-order valence-corrected chi connectivity index (χ1v) is 9.07. The lowest BCUT2D eigenvalue weighted by atomic mass is 10.1. The number of fused-ring (bicyclic) bond motifs is 2. The average molecular weight is 327 g/mol. The quantitative estimate of drug-likeness (QED) is 0.755. The van der Waals surface area contributed by atoms with Crippen molar-refractivity contribution >= 4 is 16.3 Å². The molecule has 2 heterocycles. The summed E-state index contributed by atoms with van der Waals surface area (Å²) in [7, 11) is 0. The number of nitrogens with zero attached hydrogens (tertiary/aromatic N) is 3. The van der Waals surface area contributed by atoms with Gasteiger partial charge in [-0.25, -0.2) is 4.98 Å². The third-order valence-corrected chi connectivity index (χ3v) is 5.42. The number of rotatable bonds is 6. The van der Waals surface area contributed by atoms with Crippen LogP contribution >= 0.6 is 11.3 Å². The van der Waals surface area contributed by atoms with Gasteiger partial charge in [-0.1, -0.05) is 24.3 Å². The number of aromatic nitrogens is 2. The van der Waals surface area contributed by atoms with E-state index in [0.29, 0.717) is 6.04 Å². The Kier molecular flexibility index (Phi) is 4.16. The number of aliphatic hydroxyl groups is 1. The average Bonchev–Trinajstić information content (AvgIpc) is 3.25. The second kappa shape index (κ2) is 6.43. The van der Waals surface area contributed by atoms with Crippen LogP contribution in [0.5, 0.6) is 0 Å². The Morgan fingerprint density at radius 1 is 1.35 bits per heavy atom. The van der Waals surface area contributed by atoms with Crippen molar-refractivity contribution in [2.24, 2.45) is 0 Å². The predicted octanol–water partition coefficient (Wildman–Crippen LogP) is 3.27. The van der Waals surface area contributed by atoms with Crippen LogP contribution in [-0.4, -0.2) is 32.5 Å². The van der Waals surface area contributed by atoms with E-state index < -0.39 is 0 Å². The Morgan fingerprint density at radius 2 is 2.26 bits per heavy atom. The number of benzene rings is 1. The van der Waals surface area contributed by atoms with E-state index in [9.17, 15) is 5.11 Å². The number of aryl methyl sites for hydroxylation is 1. The molecule has 0 amide bonds. The highest BCUT2D eigenvalue weighted by atomic mass is 32.1. The molecule has 23 heavy (non-hydrogen) atoms. The molecule has 5 heteroatoms. The van der Waals surface area contributed by atoms with E-state index in [-0.39, 0.29) is 6.61 Å². The van der Waals surface area contributed by atoms with E-state index in [4.69, 9.17) is 4.98 Å². The van der Waals surface area contributed by atoms with Crippen LogP contribution in [0, 0.1) is 0 Å². The van der Waals surface area contributed by atoms with Gasteiger partial charge in [0.25, 0.3) is 0 Å². The number of aliphatic hydroxyl groups excluding tert-OH is 1. The molecule has 0 bridgehead atoms. The van der Waals surface area contributed by atoms with Gasteiger partial charge < -0.3 is 5.11 Å². The number of hydrogen-bond donors (Lipinski definition) is 1. The Bertz CT molecular complexity index is 766. The Morgan fingerprint density at radius 3 is 3.13 bits per heavy atom. The van der Waals surface area contributed by atoms with Crippen LogP contribution in [0.1, 0.15) is 35.7 Å². The molecule has 0 fully saturated rings. The highest BCUT2D eigenvalue weighted by Crippen LogP contribution is 2.36. The molecule has 4 rings (SSSR count). The highest BCUT2D eigenvalue weighted by Gasteiger charge is 2.27. The van der Waals surface area contributed by atoms with Gasteiger partial charge in [-0.2, -0.15) is 0 Å². The van der Waals surface area contributed by atoms with E-state index in [1.165, 1.54) is 11.1 Å². The van der Waals surface area contributed by atoms with Crippen molar-refractivity contribution in [3.8, 4) is 0 Å². The van der Waals surface area contributed by atoms with Crippen molar-refractivity contribution in [3.63, 3.8) is 0 Å². The number of hydrogen-bond acceptors (Lipinski definition) is 4. The van der Waals surface area contributed by atoms with E-state index in [1.807, 2.05) is 0 Å². The van der Waals surface area contributed by atoms with Crippen LogP contribution in [0.15, 0.2) is 42.0 Å². The van der Waals surface area contributed by atoms with Gasteiger partial charge in [0.2, 0.25) is 0 Å². The van der Waals surface area contributed by atoms with Crippen LogP contribution in [0.3, 0.4) is 0 Å². The minimum atomic E-state index is 0.239. The van der Waals surface area contributed by atoms with Crippen LogP contribution in [0.2, 0.25) is 0 Å². The van der Waals surface area contributed by atoms with Crippen molar-refractivity contribution in [2.75, 3.05) is 13.2 Å². The minimum Gasteiger partial charge on any atom is -0.396 e. The van der Waals surface area contributed by atoms with Crippen molar-refractivity contribution in [3.05, 3.63) is 58.9 Å². The number of thiazole rings is 1. The van der Waals surface area contributed by atoms with Crippen LogP contribution in [0.25, 0.3) is 4.96 Å². The minimum absolute atomic E-state index is 0.239. The standard InChI is InChI=1S/C18H21N3OS/c22-10-3-8-20(12-15-13-21-9-11-23-18(21)19-15)17-7-6-14-4-1-2-5-16(14)17/h1-2,4-5,9,11,13,17,22H,3,6-8,10,12H2/t17-/m1/s1. The first-order valence-electron chi connectivity index (χ1n) is 8.19. The molecule has 1 aliphatic carbocycles. The molecule has 1 aliphatic rings. The van der Waals surface area contributed by atoms with E-state index in [0.717, 1.165) is 43.0 Å². The fourth-order valence-corrected chi connectivity index (χ4v) is 4.31. The molecule has 0 radical (unpaired) electrons. The Hall–Kier alpha value is -1.69. The fourth-order valence-electron chi connectivity index (χ4n) is 3.59. The predicted molar refractivity (Wildman–Crippen MR) is 92.7 cm³/mol. The van der Waals surface area contributed by atoms with Crippen molar-refractivity contribution < 1.29 is 5.11 Å². The molecule has 4 nitrogen and oxygen atoms in total. The maximum atomic E-state index is 9.26. The summed E-state index contributed by atoms with van der Waals surface area (Å²) in [6.45, 7) is 1.98. The molecular formula is C18H21N3OS. The van der Waals surface area contributed by atoms with Gasteiger partial charge in [0.05, 0.1) is 5.69 Å². The number of imidazole rings is 1. The third-order valence-electron chi connectivity index (χ3n) is 4.65. The van der Waals surface area contributed by atoms with Crippen LogP contribution < -0.4 is 0 Å². The fraction of sp³-hybridized carbons (Fsp3) is 0.389. The van der Waals surface area contributed by atoms with Crippen molar-refractivity contribution in [2.45, 2.75) is 31.8 Å². The molecule has 1 atom stereocenters. The zero-order chi connectivity index (χ0) is 15.6. The highest BCUT2D eigenvalue weighted by molar-refractivity contribution is 7.15. The smallest absolute Gasteiger partial charge is 0.193 e. The molecule has 0 saturated heterocycles. The van der Waals surface area contributed by atoms with Gasteiger partial charge in [-0.15, -0.1) is 11.3 Å². The SMILES string of the molecule is OCCCN(Cc1cn2ccsc2n1)[C@@H]1CCc2ccccc21.